The molecule has 0 spiro atoms. The highest BCUT2D eigenvalue weighted by molar-refractivity contribution is 5.82. The molecule has 6 heteroatoms. The largest absolute Gasteiger partial charge is 0.416 e. The van der Waals surface area contributed by atoms with Crippen molar-refractivity contribution in [3.8, 4) is 11.1 Å². The normalized spacial score (nSPS) is 12.2. The lowest BCUT2D eigenvalue weighted by Crippen LogP contribution is -2.17. The summed E-state index contributed by atoms with van der Waals surface area (Å²) in [4.78, 5) is 14.9. The van der Waals surface area contributed by atoms with Gasteiger partial charge in [-0.2, -0.15) is 13.2 Å². The highest BCUT2D eigenvalue weighted by atomic mass is 19.4. The second-order valence-electron chi connectivity index (χ2n) is 6.57. The van der Waals surface area contributed by atoms with E-state index in [9.17, 15) is 18.0 Å². The molecule has 2 aromatic carbocycles. The van der Waals surface area contributed by atoms with Crippen LogP contribution in [0.25, 0.3) is 22.2 Å². The van der Waals surface area contributed by atoms with Crippen molar-refractivity contribution in [3.63, 3.8) is 0 Å². The maximum absolute atomic E-state index is 12.9. The average molecular weight is 348 g/mol. The van der Waals surface area contributed by atoms with Gasteiger partial charge in [0.1, 0.15) is 0 Å². The topological polar surface area (TPSA) is 37.8 Å². The van der Waals surface area contributed by atoms with Crippen LogP contribution >= 0.6 is 0 Å². The Hall–Kier alpha value is -2.50. The summed E-state index contributed by atoms with van der Waals surface area (Å²) in [5.41, 5.74) is 1.61. The summed E-state index contributed by atoms with van der Waals surface area (Å²) >= 11 is 0. The lowest BCUT2D eigenvalue weighted by Gasteiger charge is -2.09. The zero-order chi connectivity index (χ0) is 18.2. The Morgan fingerprint density at radius 1 is 1.08 bits per heavy atom. The molecule has 3 aromatic rings. The van der Waals surface area contributed by atoms with Gasteiger partial charge < -0.3 is 4.98 Å². The monoisotopic (exact) mass is 348 g/mol. The van der Waals surface area contributed by atoms with Crippen LogP contribution in [0, 0.1) is 5.92 Å². The van der Waals surface area contributed by atoms with Gasteiger partial charge in [0, 0.05) is 6.54 Å². The highest BCUT2D eigenvalue weighted by Gasteiger charge is 2.30. The number of nitrogens with one attached hydrogen (secondary N) is 1. The van der Waals surface area contributed by atoms with Gasteiger partial charge in [-0.15, -0.1) is 0 Å². The number of halogens is 3. The van der Waals surface area contributed by atoms with Crippen molar-refractivity contribution in [1.29, 1.82) is 0 Å². The van der Waals surface area contributed by atoms with Crippen molar-refractivity contribution in [2.75, 3.05) is 0 Å². The van der Waals surface area contributed by atoms with Crippen molar-refractivity contribution in [2.24, 2.45) is 5.92 Å². The van der Waals surface area contributed by atoms with Crippen LogP contribution < -0.4 is 5.69 Å². The molecular weight excluding hydrogens is 329 g/mol. The average Bonchev–Trinajstić information content (AvgIpc) is 2.86. The fourth-order valence-electron chi connectivity index (χ4n) is 2.83. The Balaban J connectivity index is 2.01. The third-order valence-electron chi connectivity index (χ3n) is 4.23. The van der Waals surface area contributed by atoms with Gasteiger partial charge in [-0.25, -0.2) is 4.79 Å². The van der Waals surface area contributed by atoms with E-state index < -0.39 is 11.7 Å². The fraction of sp³-hybridized carbons (Fsp3) is 0.316. The highest BCUT2D eigenvalue weighted by Crippen LogP contribution is 2.32. The number of benzene rings is 2. The maximum atomic E-state index is 12.9. The van der Waals surface area contributed by atoms with Crippen LogP contribution in [0.1, 0.15) is 25.8 Å². The summed E-state index contributed by atoms with van der Waals surface area (Å²) in [5, 5.41) is 0. The Morgan fingerprint density at radius 3 is 2.48 bits per heavy atom. The van der Waals surface area contributed by atoms with E-state index in [-0.39, 0.29) is 5.69 Å². The molecule has 0 radical (unpaired) electrons. The molecule has 0 fully saturated rings. The predicted molar refractivity (Wildman–Crippen MR) is 92.5 cm³/mol. The van der Waals surface area contributed by atoms with E-state index in [0.717, 1.165) is 24.1 Å². The van der Waals surface area contributed by atoms with Gasteiger partial charge in [-0.1, -0.05) is 32.0 Å². The van der Waals surface area contributed by atoms with Gasteiger partial charge in [0.25, 0.3) is 0 Å². The number of rotatable bonds is 4. The molecule has 0 aliphatic rings. The van der Waals surface area contributed by atoms with E-state index in [2.05, 4.69) is 18.8 Å². The van der Waals surface area contributed by atoms with Crippen molar-refractivity contribution in [2.45, 2.75) is 33.0 Å². The number of alkyl halides is 3. The molecule has 1 aromatic heterocycles. The quantitative estimate of drug-likeness (QED) is 0.703. The van der Waals surface area contributed by atoms with Crippen molar-refractivity contribution in [1.82, 2.24) is 9.55 Å². The third kappa shape index (κ3) is 3.62. The fourth-order valence-corrected chi connectivity index (χ4v) is 2.83. The zero-order valence-electron chi connectivity index (χ0n) is 14.0. The van der Waals surface area contributed by atoms with Crippen molar-refractivity contribution in [3.05, 3.63) is 58.5 Å². The summed E-state index contributed by atoms with van der Waals surface area (Å²) < 4.78 is 40.3. The van der Waals surface area contributed by atoms with E-state index in [1.165, 1.54) is 6.07 Å². The summed E-state index contributed by atoms with van der Waals surface area (Å²) in [5.74, 6) is 0.473. The lowest BCUT2D eigenvalue weighted by atomic mass is 10.0. The maximum Gasteiger partial charge on any atom is 0.416 e. The first-order valence-corrected chi connectivity index (χ1v) is 8.16. The molecule has 0 atom stereocenters. The van der Waals surface area contributed by atoms with E-state index in [1.54, 1.807) is 28.8 Å². The first-order chi connectivity index (χ1) is 11.8. The number of nitrogens with zero attached hydrogens (tertiary/aromatic N) is 1. The number of hydrogen-bond donors (Lipinski definition) is 1. The van der Waals surface area contributed by atoms with Crippen LogP contribution in [0.15, 0.2) is 47.3 Å². The van der Waals surface area contributed by atoms with Gasteiger partial charge in [0.05, 0.1) is 16.6 Å². The molecule has 1 heterocycles. The second kappa shape index (κ2) is 6.43. The van der Waals surface area contributed by atoms with Crippen LogP contribution in [0.3, 0.4) is 0 Å². The van der Waals surface area contributed by atoms with Gasteiger partial charge in [0.2, 0.25) is 0 Å². The number of aryl methyl sites for hydroxylation is 1. The first kappa shape index (κ1) is 17.3. The number of imidazole rings is 1. The molecule has 0 saturated carbocycles. The smallest absolute Gasteiger partial charge is 0.306 e. The molecule has 25 heavy (non-hydrogen) atoms. The van der Waals surface area contributed by atoms with Crippen LogP contribution in [0.2, 0.25) is 0 Å². The van der Waals surface area contributed by atoms with Gasteiger partial charge in [-0.05, 0) is 47.7 Å². The summed E-state index contributed by atoms with van der Waals surface area (Å²) in [6, 6.07) is 10.4. The molecule has 0 bridgehead atoms. The van der Waals surface area contributed by atoms with Crippen molar-refractivity contribution >= 4 is 11.0 Å². The van der Waals surface area contributed by atoms with Gasteiger partial charge >= 0.3 is 11.9 Å². The molecule has 0 aliphatic carbocycles. The first-order valence-electron chi connectivity index (χ1n) is 8.16. The molecule has 3 rings (SSSR count). The number of aromatic nitrogens is 2. The van der Waals surface area contributed by atoms with E-state index in [1.807, 2.05) is 0 Å². The van der Waals surface area contributed by atoms with E-state index >= 15 is 0 Å². The molecule has 132 valence electrons. The van der Waals surface area contributed by atoms with E-state index in [0.29, 0.717) is 29.1 Å². The molecule has 0 saturated heterocycles. The van der Waals surface area contributed by atoms with Crippen LogP contribution in [0.5, 0.6) is 0 Å². The Labute approximate surface area is 143 Å². The second-order valence-corrected chi connectivity index (χ2v) is 6.57. The number of hydrogen-bond acceptors (Lipinski definition) is 1. The Kier molecular flexibility index (Phi) is 4.45. The minimum absolute atomic E-state index is 0.197. The standard InChI is InChI=1S/C19H19F3N2O/c1-12(2)8-9-24-17-7-6-14(11-16(17)23-18(24)25)13-4-3-5-15(10-13)19(20,21)22/h3-7,10-12H,8-9H2,1-2H3,(H,23,25). The number of fused-ring (bicyclic) bond motifs is 1. The number of H-pyrrole nitrogens is 1. The third-order valence-corrected chi connectivity index (χ3v) is 4.23. The zero-order valence-corrected chi connectivity index (χ0v) is 14.0. The molecule has 0 aliphatic heterocycles. The van der Waals surface area contributed by atoms with Gasteiger partial charge in [0.15, 0.2) is 0 Å². The number of aromatic amines is 1. The van der Waals surface area contributed by atoms with Crippen LogP contribution in [-0.4, -0.2) is 9.55 Å². The molecule has 0 amide bonds. The SMILES string of the molecule is CC(C)CCn1c(=O)[nH]c2cc(-c3cccc(C(F)(F)F)c3)ccc21. The molecule has 1 N–H and O–H groups in total. The lowest BCUT2D eigenvalue weighted by molar-refractivity contribution is -0.137. The van der Waals surface area contributed by atoms with Crippen molar-refractivity contribution < 1.29 is 13.2 Å². The summed E-state index contributed by atoms with van der Waals surface area (Å²) in [6.07, 6.45) is -3.50. The van der Waals surface area contributed by atoms with Gasteiger partial charge in [-0.3, -0.25) is 4.57 Å². The minimum Gasteiger partial charge on any atom is -0.306 e. The Morgan fingerprint density at radius 2 is 1.80 bits per heavy atom. The summed E-state index contributed by atoms with van der Waals surface area (Å²) in [6.45, 7) is 4.79. The van der Waals surface area contributed by atoms with Crippen LogP contribution in [-0.2, 0) is 12.7 Å². The summed E-state index contributed by atoms with van der Waals surface area (Å²) in [7, 11) is 0. The minimum atomic E-state index is -4.38. The molecule has 3 nitrogen and oxygen atoms in total. The van der Waals surface area contributed by atoms with Crippen LogP contribution in [0.4, 0.5) is 13.2 Å². The van der Waals surface area contributed by atoms with E-state index in [4.69, 9.17) is 0 Å². The Bertz CT molecular complexity index is 951. The molecular formula is C19H19F3N2O. The molecule has 0 unspecified atom stereocenters. The predicted octanol–water partition coefficient (Wildman–Crippen LogP) is 5.06.